The zero-order valence-electron chi connectivity index (χ0n) is 24.6. The van der Waals surface area contributed by atoms with E-state index in [2.05, 4.69) is 53.4 Å². The second kappa shape index (κ2) is 10.9. The van der Waals surface area contributed by atoms with E-state index in [0.29, 0.717) is 5.57 Å². The molecule has 0 saturated carbocycles. The van der Waals surface area contributed by atoms with E-state index in [1.807, 2.05) is 27.0 Å². The largest absolute Gasteiger partial charge is 0.134 e. The Hall–Kier alpha value is -2.84. The van der Waals surface area contributed by atoms with Crippen LogP contribution in [0.3, 0.4) is 0 Å². The number of halogens is 1. The molecule has 0 radical (unpaired) electrons. The SMILES string of the molecule is C=C(C=N)c1cc2sc(-c3cc4c(=O)c5c(C)c6c(c(C)c5c4s3)c(=O)c3cc(-c4ccc(/C=C(\C)[I-]NC)s4)sc36)cc2s1. The average Bonchev–Trinajstić information content (AvgIpc) is 3.84. The maximum absolute atomic E-state index is 14.0. The molecule has 0 bridgehead atoms. The molecule has 0 spiro atoms. The predicted octanol–water partition coefficient (Wildman–Crippen LogP) is 7.55. The van der Waals surface area contributed by atoms with Gasteiger partial charge >= 0.3 is 176 Å². The first-order chi connectivity index (χ1) is 21.7. The fraction of sp³-hybridized carbons (Fsp3) is 0.114. The molecule has 0 atom stereocenters. The monoisotopic (exact) mass is 791 g/mol. The van der Waals surface area contributed by atoms with E-state index in [1.165, 1.54) is 14.7 Å². The molecule has 10 heteroatoms. The van der Waals surface area contributed by atoms with Crippen molar-refractivity contribution in [3.63, 3.8) is 0 Å². The van der Waals surface area contributed by atoms with Gasteiger partial charge in [-0.1, -0.05) is 6.58 Å². The van der Waals surface area contributed by atoms with Crippen LogP contribution in [0.15, 0.2) is 56.1 Å². The van der Waals surface area contributed by atoms with Gasteiger partial charge in [0, 0.05) is 45.9 Å². The van der Waals surface area contributed by atoms with E-state index in [-0.39, 0.29) is 32.3 Å². The standard InChI is InChI=1S/C35H24IN2O2S5/c1-14(13-37)22-11-25-27(42-22)12-26(43-25)24-10-20-33(40)29-16(3)30-28(17(4)31(29)35(20)45-24)32(39)19-9-23(44-34(19)30)21-7-6-18(41-21)8-15(2)36-38-5/h6-13,37-38H,1H2,2-5H3/q-1/b15-8+,37-13?. The van der Waals surface area contributed by atoms with Crippen LogP contribution in [-0.4, -0.2) is 13.3 Å². The first-order valence-corrected chi connectivity index (χ1v) is 20.3. The molecule has 0 amide bonds. The Bertz CT molecular complexity index is 2650. The maximum atomic E-state index is 14.0. The van der Waals surface area contributed by atoms with Crippen LogP contribution >= 0.6 is 56.7 Å². The third-order valence-corrected chi connectivity index (χ3v) is 16.1. The Kier molecular flexibility index (Phi) is 7.14. The van der Waals surface area contributed by atoms with Crippen molar-refractivity contribution in [2.24, 2.45) is 0 Å². The second-order valence-electron chi connectivity index (χ2n) is 11.0. The number of nitrogens with one attached hydrogen (secondary N) is 2. The molecule has 45 heavy (non-hydrogen) atoms. The van der Waals surface area contributed by atoms with Crippen LogP contribution in [0.25, 0.3) is 82.3 Å². The Labute approximate surface area is 288 Å². The van der Waals surface area contributed by atoms with Gasteiger partial charge in [0.1, 0.15) is 0 Å². The number of allylic oxidation sites excluding steroid dienone is 2. The van der Waals surface area contributed by atoms with Crippen LogP contribution in [0.4, 0.5) is 0 Å². The fourth-order valence-corrected chi connectivity index (χ4v) is 13.8. The second-order valence-corrected chi connectivity index (χ2v) is 19.7. The zero-order valence-corrected chi connectivity index (χ0v) is 30.8. The van der Waals surface area contributed by atoms with Gasteiger partial charge in [-0.05, 0) is 18.2 Å². The molecule has 5 heterocycles. The van der Waals surface area contributed by atoms with E-state index in [0.717, 1.165) is 86.6 Å². The summed E-state index contributed by atoms with van der Waals surface area (Å²) in [6.07, 6.45) is 3.54. The van der Waals surface area contributed by atoms with Gasteiger partial charge in [0.25, 0.3) is 0 Å². The molecule has 4 nitrogen and oxygen atoms in total. The molecule has 0 unspecified atom stereocenters. The van der Waals surface area contributed by atoms with Crippen LogP contribution in [0.1, 0.15) is 27.8 Å². The summed E-state index contributed by atoms with van der Waals surface area (Å²) in [5.74, 6) is 0. The number of rotatable bonds is 7. The summed E-state index contributed by atoms with van der Waals surface area (Å²) >= 11 is 8.26. The van der Waals surface area contributed by atoms with Crippen molar-refractivity contribution in [3.8, 4) is 19.5 Å². The Morgan fingerprint density at radius 1 is 0.778 bits per heavy atom. The number of benzene rings is 1. The third kappa shape index (κ3) is 4.45. The van der Waals surface area contributed by atoms with Crippen molar-refractivity contribution in [2.45, 2.75) is 20.8 Å². The van der Waals surface area contributed by atoms with Crippen molar-refractivity contribution in [2.75, 3.05) is 7.05 Å². The van der Waals surface area contributed by atoms with Crippen molar-refractivity contribution in [3.05, 3.63) is 87.9 Å². The van der Waals surface area contributed by atoms with Gasteiger partial charge in [-0.25, -0.2) is 0 Å². The number of fused-ring (bicyclic) bond motifs is 7. The van der Waals surface area contributed by atoms with E-state index in [1.54, 1.807) is 56.7 Å². The molecule has 8 rings (SSSR count). The molecule has 0 saturated heterocycles. The van der Waals surface area contributed by atoms with E-state index in [9.17, 15) is 9.59 Å². The van der Waals surface area contributed by atoms with Gasteiger partial charge in [-0.15, -0.1) is 34.0 Å². The van der Waals surface area contributed by atoms with E-state index in [4.69, 9.17) is 5.41 Å². The molecule has 0 fully saturated rings. The van der Waals surface area contributed by atoms with Crippen LogP contribution in [0.5, 0.6) is 0 Å². The minimum Gasteiger partial charge on any atom is -0.134 e. The number of aryl methyl sites for hydroxylation is 2. The van der Waals surface area contributed by atoms with Gasteiger partial charge in [-0.3, -0.25) is 4.79 Å². The molecule has 5 aromatic heterocycles. The average molecular weight is 792 g/mol. The number of thiophene rings is 5. The van der Waals surface area contributed by atoms with E-state index >= 15 is 0 Å². The van der Waals surface area contributed by atoms with Crippen LogP contribution in [0, 0.1) is 19.3 Å². The van der Waals surface area contributed by atoms with E-state index < -0.39 is 0 Å². The summed E-state index contributed by atoms with van der Waals surface area (Å²) in [6, 6.07) is 12.7. The summed E-state index contributed by atoms with van der Waals surface area (Å²) < 4.78 is 8.97. The Morgan fingerprint density at radius 3 is 1.93 bits per heavy atom. The zero-order chi connectivity index (χ0) is 31.3. The van der Waals surface area contributed by atoms with Crippen molar-refractivity contribution >= 4 is 126 Å². The van der Waals surface area contributed by atoms with Crippen molar-refractivity contribution in [1.82, 2.24) is 3.53 Å². The molecular weight excluding hydrogens is 768 g/mol. The van der Waals surface area contributed by atoms with Gasteiger partial charge in [-0.2, -0.15) is 0 Å². The molecule has 3 aromatic carbocycles. The fourth-order valence-electron chi connectivity index (χ4n) is 6.26. The summed E-state index contributed by atoms with van der Waals surface area (Å²) in [5.41, 5.74) is 2.66. The normalized spacial score (nSPS) is 12.8. The van der Waals surface area contributed by atoms with Crippen LogP contribution < -0.4 is 35.9 Å². The van der Waals surface area contributed by atoms with Gasteiger partial charge < -0.3 is 5.41 Å². The topological polar surface area (TPSA) is 70.0 Å². The van der Waals surface area contributed by atoms with Crippen LogP contribution in [-0.2, 0) is 0 Å². The minimum absolute atomic E-state index is 0.0564. The first-order valence-electron chi connectivity index (χ1n) is 14.1. The summed E-state index contributed by atoms with van der Waals surface area (Å²) in [6.45, 7) is 10.2. The number of hydrogen-bond acceptors (Lipinski definition) is 9. The van der Waals surface area contributed by atoms with Gasteiger partial charge in [0.05, 0.1) is 0 Å². The number of hydrogen-bond donors (Lipinski definition) is 2. The van der Waals surface area contributed by atoms with Gasteiger partial charge in [0.2, 0.25) is 0 Å². The predicted molar refractivity (Wildman–Crippen MR) is 199 cm³/mol. The van der Waals surface area contributed by atoms with Crippen LogP contribution in [0.2, 0.25) is 0 Å². The first kappa shape index (κ1) is 29.6. The summed E-state index contributed by atoms with van der Waals surface area (Å²) in [7, 11) is 2.00. The summed E-state index contributed by atoms with van der Waals surface area (Å²) in [4.78, 5) is 34.7. The molecule has 8 aromatic rings. The molecule has 2 N–H and O–H groups in total. The minimum atomic E-state index is -0.144. The van der Waals surface area contributed by atoms with Gasteiger partial charge in [0.15, 0.2) is 0 Å². The van der Waals surface area contributed by atoms with Crippen molar-refractivity contribution < 1.29 is 21.5 Å². The smallest absolute Gasteiger partial charge is 0.0464 e. The molecular formula is C35H24IN2O2S5-. The Balaban J connectivity index is 1.27. The maximum Gasteiger partial charge on any atom is 0.0464 e. The molecule has 0 aliphatic carbocycles. The van der Waals surface area contributed by atoms with Crippen molar-refractivity contribution in [1.29, 1.82) is 5.41 Å². The molecule has 224 valence electrons. The molecule has 0 aliphatic heterocycles. The Morgan fingerprint density at radius 2 is 1.36 bits per heavy atom. The summed E-state index contributed by atoms with van der Waals surface area (Å²) in [5, 5.41) is 12.4. The third-order valence-electron chi connectivity index (χ3n) is 8.26. The molecule has 0 aliphatic rings. The quantitative estimate of drug-likeness (QED) is 0.0996.